The van der Waals surface area contributed by atoms with Gasteiger partial charge in [-0.3, -0.25) is 5.10 Å². The van der Waals surface area contributed by atoms with E-state index in [9.17, 15) is 0 Å². The Morgan fingerprint density at radius 3 is 2.22 bits per heavy atom. The van der Waals surface area contributed by atoms with Gasteiger partial charge in [-0.15, -0.1) is 0 Å². The Bertz CT molecular complexity index is 915. The molecule has 0 aromatic carbocycles. The van der Waals surface area contributed by atoms with E-state index in [0.717, 1.165) is 81.0 Å². The van der Waals surface area contributed by atoms with Crippen molar-refractivity contribution in [2.24, 2.45) is 0 Å². The normalized spacial score (nSPS) is 18.3. The van der Waals surface area contributed by atoms with Gasteiger partial charge in [-0.2, -0.15) is 5.10 Å². The number of hydrogen-bond donors (Lipinski definition) is 1. The number of aromatic amines is 1. The number of fused-ring (bicyclic) bond motifs is 1. The van der Waals surface area contributed by atoms with E-state index in [1.165, 1.54) is 0 Å². The second-order valence-corrected chi connectivity index (χ2v) is 6.64. The summed E-state index contributed by atoms with van der Waals surface area (Å²) in [5, 5.41) is 7.94. The number of rotatable bonds is 3. The molecule has 0 unspecified atom stereocenters. The average Bonchev–Trinajstić information content (AvgIpc) is 3.24. The highest BCUT2D eigenvalue weighted by Gasteiger charge is 2.22. The van der Waals surface area contributed by atoms with Crippen LogP contribution in [0.3, 0.4) is 0 Å². The number of aromatic nitrogens is 6. The van der Waals surface area contributed by atoms with Gasteiger partial charge < -0.3 is 19.4 Å². The quantitative estimate of drug-likeness (QED) is 0.701. The molecule has 0 amide bonds. The average molecular weight is 367 g/mol. The monoisotopic (exact) mass is 367 g/mol. The van der Waals surface area contributed by atoms with Crippen LogP contribution < -0.4 is 14.7 Å². The molecule has 10 heteroatoms. The standard InChI is InChI=1S/C17H21N9O/c1-3-26(17-13-10-22-23-16(13)20-12-21-17)4-2-24(1)14-9-15(19-11-18-14)25-5-7-27-8-6-25/h9-12H,1-8H2,(H,20,21,22,23). The molecule has 140 valence electrons. The lowest BCUT2D eigenvalue weighted by Gasteiger charge is -2.36. The van der Waals surface area contributed by atoms with Gasteiger partial charge in [-0.05, 0) is 0 Å². The summed E-state index contributed by atoms with van der Waals surface area (Å²) in [7, 11) is 0. The molecule has 0 saturated carbocycles. The highest BCUT2D eigenvalue weighted by Crippen LogP contribution is 2.24. The Hall–Kier alpha value is -3.01. The van der Waals surface area contributed by atoms with Gasteiger partial charge in [0.25, 0.3) is 0 Å². The molecule has 5 heterocycles. The van der Waals surface area contributed by atoms with Crippen LogP contribution in [0.15, 0.2) is 24.9 Å². The van der Waals surface area contributed by atoms with Crippen LogP contribution in [0, 0.1) is 0 Å². The van der Waals surface area contributed by atoms with Crippen LogP contribution in [-0.4, -0.2) is 82.6 Å². The van der Waals surface area contributed by atoms with E-state index in [1.807, 2.05) is 0 Å². The number of H-pyrrole nitrogens is 1. The van der Waals surface area contributed by atoms with Gasteiger partial charge in [-0.1, -0.05) is 0 Å². The summed E-state index contributed by atoms with van der Waals surface area (Å²) in [4.78, 5) is 24.5. The molecule has 2 aliphatic heterocycles. The third kappa shape index (κ3) is 3.12. The van der Waals surface area contributed by atoms with Crippen LogP contribution in [0.5, 0.6) is 0 Å². The highest BCUT2D eigenvalue weighted by molar-refractivity contribution is 5.86. The fourth-order valence-electron chi connectivity index (χ4n) is 3.63. The molecule has 0 bridgehead atoms. The predicted octanol–water partition coefficient (Wildman–Crippen LogP) is 0.306. The SMILES string of the molecule is c1nc(N2CCOCC2)cc(N2CCN(c3ncnc4[nH]ncc34)CC2)n1. The Balaban J connectivity index is 1.30. The molecular formula is C17H21N9O. The number of nitrogens with zero attached hydrogens (tertiary/aromatic N) is 8. The lowest BCUT2D eigenvalue weighted by molar-refractivity contribution is 0.122. The minimum Gasteiger partial charge on any atom is -0.378 e. The first-order valence-electron chi connectivity index (χ1n) is 9.17. The number of morpholine rings is 1. The van der Waals surface area contributed by atoms with Crippen molar-refractivity contribution in [3.63, 3.8) is 0 Å². The second kappa shape index (κ2) is 6.95. The molecule has 27 heavy (non-hydrogen) atoms. The maximum absolute atomic E-state index is 5.43. The topological polar surface area (TPSA) is 99.2 Å². The number of piperazine rings is 1. The molecule has 0 spiro atoms. The molecule has 1 N–H and O–H groups in total. The van der Waals surface area contributed by atoms with Gasteiger partial charge in [0.2, 0.25) is 0 Å². The maximum atomic E-state index is 5.43. The van der Waals surface area contributed by atoms with Crippen LogP contribution in [0.4, 0.5) is 17.5 Å². The minimum absolute atomic E-state index is 0.749. The van der Waals surface area contributed by atoms with Gasteiger partial charge in [0.05, 0.1) is 24.8 Å². The zero-order valence-electron chi connectivity index (χ0n) is 15.0. The highest BCUT2D eigenvalue weighted by atomic mass is 16.5. The first-order chi connectivity index (χ1) is 13.4. The third-order valence-corrected chi connectivity index (χ3v) is 5.10. The summed E-state index contributed by atoms with van der Waals surface area (Å²) in [6.07, 6.45) is 5.03. The predicted molar refractivity (Wildman–Crippen MR) is 101 cm³/mol. The van der Waals surface area contributed by atoms with Crippen molar-refractivity contribution in [2.75, 3.05) is 67.2 Å². The molecular weight excluding hydrogens is 346 g/mol. The van der Waals surface area contributed by atoms with Gasteiger partial charge in [0.15, 0.2) is 5.65 Å². The molecule has 0 aliphatic carbocycles. The van der Waals surface area contributed by atoms with Crippen molar-refractivity contribution in [3.8, 4) is 0 Å². The molecule has 10 nitrogen and oxygen atoms in total. The summed E-state index contributed by atoms with van der Waals surface area (Å²) in [5.74, 6) is 2.88. The molecule has 3 aromatic heterocycles. The van der Waals surface area contributed by atoms with E-state index in [0.29, 0.717) is 0 Å². The number of nitrogens with one attached hydrogen (secondary N) is 1. The van der Waals surface area contributed by atoms with E-state index >= 15 is 0 Å². The Labute approximate surface area is 156 Å². The molecule has 3 aromatic rings. The van der Waals surface area contributed by atoms with E-state index in [2.05, 4.69) is 50.9 Å². The lowest BCUT2D eigenvalue weighted by atomic mass is 10.2. The Kier molecular flexibility index (Phi) is 4.17. The summed E-state index contributed by atoms with van der Waals surface area (Å²) in [6, 6.07) is 2.08. The number of hydrogen-bond acceptors (Lipinski definition) is 9. The number of ether oxygens (including phenoxy) is 1. The molecule has 5 rings (SSSR count). The molecule has 2 saturated heterocycles. The molecule has 0 atom stereocenters. The van der Waals surface area contributed by atoms with E-state index in [-0.39, 0.29) is 0 Å². The minimum atomic E-state index is 0.749. The van der Waals surface area contributed by atoms with Crippen molar-refractivity contribution in [3.05, 3.63) is 24.9 Å². The van der Waals surface area contributed by atoms with E-state index < -0.39 is 0 Å². The first kappa shape index (κ1) is 16.2. The van der Waals surface area contributed by atoms with Crippen molar-refractivity contribution < 1.29 is 4.74 Å². The molecule has 2 fully saturated rings. The van der Waals surface area contributed by atoms with E-state index in [4.69, 9.17) is 4.74 Å². The molecule has 2 aliphatic rings. The molecule has 0 radical (unpaired) electrons. The fourth-order valence-corrected chi connectivity index (χ4v) is 3.63. The summed E-state index contributed by atoms with van der Waals surface area (Å²) in [5.41, 5.74) is 0.772. The third-order valence-electron chi connectivity index (χ3n) is 5.10. The summed E-state index contributed by atoms with van der Waals surface area (Å²) in [6.45, 7) is 6.74. The Morgan fingerprint density at radius 1 is 0.778 bits per heavy atom. The van der Waals surface area contributed by atoms with Crippen LogP contribution in [0.25, 0.3) is 11.0 Å². The fraction of sp³-hybridized carbons (Fsp3) is 0.471. The van der Waals surface area contributed by atoms with Gasteiger partial charge in [-0.25, -0.2) is 19.9 Å². The van der Waals surface area contributed by atoms with Gasteiger partial charge in [0.1, 0.15) is 30.1 Å². The summed E-state index contributed by atoms with van der Waals surface area (Å²) >= 11 is 0. The zero-order valence-corrected chi connectivity index (χ0v) is 15.0. The van der Waals surface area contributed by atoms with Crippen LogP contribution in [0.1, 0.15) is 0 Å². The Morgan fingerprint density at radius 2 is 1.44 bits per heavy atom. The zero-order chi connectivity index (χ0) is 18.1. The first-order valence-corrected chi connectivity index (χ1v) is 9.17. The van der Waals surface area contributed by atoms with Crippen molar-refractivity contribution in [2.45, 2.75) is 0 Å². The largest absolute Gasteiger partial charge is 0.378 e. The lowest BCUT2D eigenvalue weighted by Crippen LogP contribution is -2.47. The van der Waals surface area contributed by atoms with Crippen LogP contribution in [0.2, 0.25) is 0 Å². The summed E-state index contributed by atoms with van der Waals surface area (Å²) < 4.78 is 5.43. The number of anilines is 3. The van der Waals surface area contributed by atoms with Crippen molar-refractivity contribution >= 4 is 28.5 Å². The van der Waals surface area contributed by atoms with Crippen LogP contribution in [-0.2, 0) is 4.74 Å². The maximum Gasteiger partial charge on any atom is 0.160 e. The second-order valence-electron chi connectivity index (χ2n) is 6.64. The van der Waals surface area contributed by atoms with Gasteiger partial charge >= 0.3 is 0 Å². The van der Waals surface area contributed by atoms with Crippen LogP contribution >= 0.6 is 0 Å². The smallest absolute Gasteiger partial charge is 0.160 e. The van der Waals surface area contributed by atoms with Gasteiger partial charge in [0, 0.05) is 45.3 Å². The van der Waals surface area contributed by atoms with Crippen molar-refractivity contribution in [1.82, 2.24) is 30.1 Å². The van der Waals surface area contributed by atoms with Crippen molar-refractivity contribution in [1.29, 1.82) is 0 Å². The van der Waals surface area contributed by atoms with E-state index in [1.54, 1.807) is 18.9 Å².